The van der Waals surface area contributed by atoms with Gasteiger partial charge in [0, 0.05) is 25.0 Å². The summed E-state index contributed by atoms with van der Waals surface area (Å²) in [6.07, 6.45) is 3.94. The fourth-order valence-electron chi connectivity index (χ4n) is 1.62. The van der Waals surface area contributed by atoms with Gasteiger partial charge in [-0.15, -0.1) is 0 Å². The molecule has 0 aromatic carbocycles. The zero-order valence-electron chi connectivity index (χ0n) is 8.69. The molecule has 0 saturated carbocycles. The first-order valence-electron chi connectivity index (χ1n) is 5.25. The summed E-state index contributed by atoms with van der Waals surface area (Å²) < 4.78 is 11.0. The van der Waals surface area contributed by atoms with Gasteiger partial charge in [0.1, 0.15) is 5.82 Å². The summed E-state index contributed by atoms with van der Waals surface area (Å²) in [5.41, 5.74) is 6.68. The van der Waals surface area contributed by atoms with E-state index in [0.29, 0.717) is 18.5 Å². The van der Waals surface area contributed by atoms with Gasteiger partial charge in [0.2, 0.25) is 0 Å². The van der Waals surface area contributed by atoms with Crippen LogP contribution in [0.1, 0.15) is 18.4 Å². The maximum absolute atomic E-state index is 5.75. The van der Waals surface area contributed by atoms with Gasteiger partial charge < -0.3 is 15.2 Å². The maximum atomic E-state index is 5.75. The van der Waals surface area contributed by atoms with Crippen molar-refractivity contribution in [1.82, 2.24) is 4.98 Å². The molecule has 4 heteroatoms. The Kier molecular flexibility index (Phi) is 3.53. The Bertz CT molecular complexity index is 311. The number of pyridine rings is 1. The lowest BCUT2D eigenvalue weighted by Crippen LogP contribution is -2.23. The van der Waals surface area contributed by atoms with Gasteiger partial charge >= 0.3 is 0 Å². The molecule has 1 aromatic heterocycles. The van der Waals surface area contributed by atoms with E-state index in [1.54, 1.807) is 6.20 Å². The molecule has 0 radical (unpaired) electrons. The van der Waals surface area contributed by atoms with Crippen molar-refractivity contribution in [2.75, 3.05) is 18.9 Å². The molecule has 1 saturated heterocycles. The van der Waals surface area contributed by atoms with Crippen LogP contribution >= 0.6 is 0 Å². The molecule has 4 nitrogen and oxygen atoms in total. The van der Waals surface area contributed by atoms with Gasteiger partial charge in [-0.25, -0.2) is 4.98 Å². The summed E-state index contributed by atoms with van der Waals surface area (Å²) in [6.45, 7) is 2.14. The van der Waals surface area contributed by atoms with Gasteiger partial charge in [0.15, 0.2) is 0 Å². The third-order valence-corrected chi connectivity index (χ3v) is 2.57. The Morgan fingerprint density at radius 3 is 3.00 bits per heavy atom. The first-order valence-corrected chi connectivity index (χ1v) is 5.25. The number of anilines is 1. The molecule has 1 aliphatic heterocycles. The van der Waals surface area contributed by atoms with Gasteiger partial charge in [-0.2, -0.15) is 0 Å². The van der Waals surface area contributed by atoms with Crippen LogP contribution in [0.2, 0.25) is 0 Å². The van der Waals surface area contributed by atoms with E-state index in [2.05, 4.69) is 4.98 Å². The highest BCUT2D eigenvalue weighted by atomic mass is 16.5. The molecule has 0 bridgehead atoms. The second kappa shape index (κ2) is 5.09. The predicted molar refractivity (Wildman–Crippen MR) is 57.3 cm³/mol. The van der Waals surface area contributed by atoms with Gasteiger partial charge in [-0.1, -0.05) is 6.07 Å². The molecule has 1 fully saturated rings. The number of hydrogen-bond acceptors (Lipinski definition) is 4. The van der Waals surface area contributed by atoms with Crippen molar-refractivity contribution in [3.05, 3.63) is 23.9 Å². The van der Waals surface area contributed by atoms with E-state index in [9.17, 15) is 0 Å². The number of nitrogens with two attached hydrogens (primary N) is 1. The lowest BCUT2D eigenvalue weighted by molar-refractivity contribution is -0.0389. The standard InChI is InChI=1S/C11H16N2O2/c12-11-9(2-1-5-13-11)8-15-10-3-6-14-7-4-10/h1-2,5,10H,3-4,6-8H2,(H2,12,13). The first-order chi connectivity index (χ1) is 7.36. The molecule has 15 heavy (non-hydrogen) atoms. The molecule has 82 valence electrons. The molecule has 0 spiro atoms. The van der Waals surface area contributed by atoms with E-state index in [-0.39, 0.29) is 0 Å². The minimum atomic E-state index is 0.304. The third kappa shape index (κ3) is 2.91. The second-order valence-electron chi connectivity index (χ2n) is 3.67. The number of aromatic nitrogens is 1. The summed E-state index contributed by atoms with van der Waals surface area (Å²) in [4.78, 5) is 4.02. The average molecular weight is 208 g/mol. The minimum Gasteiger partial charge on any atom is -0.383 e. The quantitative estimate of drug-likeness (QED) is 0.814. The minimum absolute atomic E-state index is 0.304. The van der Waals surface area contributed by atoms with Crippen molar-refractivity contribution in [2.24, 2.45) is 0 Å². The molecule has 1 aromatic rings. The zero-order valence-corrected chi connectivity index (χ0v) is 8.69. The van der Waals surface area contributed by atoms with Crippen molar-refractivity contribution in [3.8, 4) is 0 Å². The Hall–Kier alpha value is -1.13. The van der Waals surface area contributed by atoms with Gasteiger partial charge in [0.25, 0.3) is 0 Å². The molecule has 0 atom stereocenters. The molecule has 1 aliphatic rings. The fourth-order valence-corrected chi connectivity index (χ4v) is 1.62. The summed E-state index contributed by atoms with van der Waals surface area (Å²) in [5.74, 6) is 0.560. The smallest absolute Gasteiger partial charge is 0.128 e. The Morgan fingerprint density at radius 1 is 1.47 bits per heavy atom. The van der Waals surface area contributed by atoms with Crippen LogP contribution in [0.5, 0.6) is 0 Å². The molecule has 2 heterocycles. The lowest BCUT2D eigenvalue weighted by atomic mass is 10.1. The summed E-state index contributed by atoms with van der Waals surface area (Å²) >= 11 is 0. The van der Waals surface area contributed by atoms with Crippen molar-refractivity contribution in [1.29, 1.82) is 0 Å². The number of ether oxygens (including phenoxy) is 2. The number of hydrogen-bond donors (Lipinski definition) is 1. The van der Waals surface area contributed by atoms with E-state index in [4.69, 9.17) is 15.2 Å². The first kappa shape index (κ1) is 10.4. The molecule has 2 N–H and O–H groups in total. The van der Waals surface area contributed by atoms with Crippen LogP contribution in [0.25, 0.3) is 0 Å². The fraction of sp³-hybridized carbons (Fsp3) is 0.545. The molecule has 0 amide bonds. The highest BCUT2D eigenvalue weighted by molar-refractivity contribution is 5.37. The average Bonchev–Trinajstić information content (AvgIpc) is 2.29. The van der Waals surface area contributed by atoms with E-state index in [1.165, 1.54) is 0 Å². The number of nitrogen functional groups attached to an aromatic ring is 1. The van der Waals surface area contributed by atoms with Crippen LogP contribution < -0.4 is 5.73 Å². The van der Waals surface area contributed by atoms with E-state index in [1.807, 2.05) is 12.1 Å². The molecular weight excluding hydrogens is 192 g/mol. The highest BCUT2D eigenvalue weighted by Gasteiger charge is 2.14. The third-order valence-electron chi connectivity index (χ3n) is 2.57. The molecule has 0 aliphatic carbocycles. The lowest BCUT2D eigenvalue weighted by Gasteiger charge is -2.22. The Balaban J connectivity index is 1.84. The van der Waals surface area contributed by atoms with E-state index in [0.717, 1.165) is 31.6 Å². The van der Waals surface area contributed by atoms with Crippen LogP contribution in [0.3, 0.4) is 0 Å². The molecular formula is C11H16N2O2. The SMILES string of the molecule is Nc1ncccc1COC1CCOCC1. The van der Waals surface area contributed by atoms with Crippen LogP contribution in [0.4, 0.5) is 5.82 Å². The zero-order chi connectivity index (χ0) is 10.5. The van der Waals surface area contributed by atoms with Gasteiger partial charge in [-0.3, -0.25) is 0 Å². The molecule has 2 rings (SSSR count). The predicted octanol–water partition coefficient (Wildman–Crippen LogP) is 1.36. The van der Waals surface area contributed by atoms with Crippen LogP contribution in [-0.2, 0) is 16.1 Å². The Labute approximate surface area is 89.4 Å². The molecule has 0 unspecified atom stereocenters. The van der Waals surface area contributed by atoms with Gasteiger partial charge in [0.05, 0.1) is 12.7 Å². The largest absolute Gasteiger partial charge is 0.383 e. The van der Waals surface area contributed by atoms with Gasteiger partial charge in [-0.05, 0) is 18.9 Å². The van der Waals surface area contributed by atoms with E-state index >= 15 is 0 Å². The number of nitrogens with zero attached hydrogens (tertiary/aromatic N) is 1. The van der Waals surface area contributed by atoms with E-state index < -0.39 is 0 Å². The topological polar surface area (TPSA) is 57.4 Å². The monoisotopic (exact) mass is 208 g/mol. The van der Waals surface area contributed by atoms with Crippen molar-refractivity contribution < 1.29 is 9.47 Å². The highest BCUT2D eigenvalue weighted by Crippen LogP contribution is 2.15. The van der Waals surface area contributed by atoms with Crippen molar-refractivity contribution in [2.45, 2.75) is 25.6 Å². The van der Waals surface area contributed by atoms with Crippen molar-refractivity contribution in [3.63, 3.8) is 0 Å². The summed E-state index contributed by atoms with van der Waals surface area (Å²) in [5, 5.41) is 0. The van der Waals surface area contributed by atoms with Crippen LogP contribution in [-0.4, -0.2) is 24.3 Å². The summed E-state index contributed by atoms with van der Waals surface area (Å²) in [7, 11) is 0. The summed E-state index contributed by atoms with van der Waals surface area (Å²) in [6, 6.07) is 3.82. The maximum Gasteiger partial charge on any atom is 0.128 e. The van der Waals surface area contributed by atoms with Crippen LogP contribution in [0, 0.1) is 0 Å². The second-order valence-corrected chi connectivity index (χ2v) is 3.67. The number of rotatable bonds is 3. The normalized spacial score (nSPS) is 17.9. The Morgan fingerprint density at radius 2 is 2.27 bits per heavy atom. The van der Waals surface area contributed by atoms with Crippen LogP contribution in [0.15, 0.2) is 18.3 Å². The van der Waals surface area contributed by atoms with Crippen molar-refractivity contribution >= 4 is 5.82 Å².